The molecule has 6 nitrogen and oxygen atoms in total. The summed E-state index contributed by atoms with van der Waals surface area (Å²) in [6.45, 7) is 1.85. The van der Waals surface area contributed by atoms with Gasteiger partial charge in [-0.25, -0.2) is 4.79 Å². The van der Waals surface area contributed by atoms with Gasteiger partial charge in [-0.05, 0) is 25.9 Å². The molecule has 17 heavy (non-hydrogen) atoms. The smallest absolute Gasteiger partial charge is 0.411 e. The van der Waals surface area contributed by atoms with E-state index >= 15 is 0 Å². The molecule has 0 spiro atoms. The second kappa shape index (κ2) is 5.20. The molecule has 0 aromatic carbocycles. The molecule has 0 bridgehead atoms. The average Bonchev–Trinajstić information content (AvgIpc) is 2.69. The number of hydrogen-bond donors (Lipinski definition) is 2. The number of aliphatic hydroxyl groups is 2. The summed E-state index contributed by atoms with van der Waals surface area (Å²) in [5.74, 6) is 0. The monoisotopic (exact) mass is 244 g/mol. The molecule has 6 heteroatoms. The molecule has 2 aliphatic heterocycles. The van der Waals surface area contributed by atoms with Crippen LogP contribution in [-0.4, -0.2) is 71.2 Å². The molecule has 2 heterocycles. The minimum Gasteiger partial charge on any atom is -0.447 e. The fraction of sp³-hybridized carbons (Fsp3) is 0.909. The van der Waals surface area contributed by atoms with Crippen LogP contribution in [0.25, 0.3) is 0 Å². The molecular formula is C11H20N2O4. The minimum atomic E-state index is -0.950. The van der Waals surface area contributed by atoms with Crippen LogP contribution in [0.4, 0.5) is 4.79 Å². The lowest BCUT2D eigenvalue weighted by Gasteiger charge is -2.37. The van der Waals surface area contributed by atoms with Crippen LogP contribution < -0.4 is 0 Å². The van der Waals surface area contributed by atoms with Crippen LogP contribution in [0.2, 0.25) is 0 Å². The van der Waals surface area contributed by atoms with Crippen LogP contribution in [0.3, 0.4) is 0 Å². The molecule has 0 radical (unpaired) electrons. The first kappa shape index (κ1) is 12.6. The van der Waals surface area contributed by atoms with Gasteiger partial charge in [-0.2, -0.15) is 0 Å². The Labute approximate surface area is 101 Å². The summed E-state index contributed by atoms with van der Waals surface area (Å²) < 4.78 is 4.95. The zero-order chi connectivity index (χ0) is 12.3. The van der Waals surface area contributed by atoms with E-state index in [1.54, 1.807) is 0 Å². The normalized spacial score (nSPS) is 25.1. The van der Waals surface area contributed by atoms with Crippen LogP contribution >= 0.6 is 0 Å². The van der Waals surface area contributed by atoms with Crippen molar-refractivity contribution in [2.24, 2.45) is 0 Å². The van der Waals surface area contributed by atoms with Crippen molar-refractivity contribution in [1.29, 1.82) is 0 Å². The number of hydrogen-bond acceptors (Lipinski definition) is 5. The number of amides is 1. The van der Waals surface area contributed by atoms with Gasteiger partial charge in [0.05, 0.1) is 19.9 Å². The molecule has 98 valence electrons. The molecule has 2 N–H and O–H groups in total. The molecule has 0 atom stereocenters. The Morgan fingerprint density at radius 2 is 1.82 bits per heavy atom. The summed E-state index contributed by atoms with van der Waals surface area (Å²) in [4.78, 5) is 15.3. The van der Waals surface area contributed by atoms with Gasteiger partial charge >= 0.3 is 6.09 Å². The van der Waals surface area contributed by atoms with Gasteiger partial charge < -0.3 is 14.9 Å². The number of carbonyl (C=O) groups is 1. The Balaban J connectivity index is 2.02. The van der Waals surface area contributed by atoms with Gasteiger partial charge in [0.25, 0.3) is 0 Å². The van der Waals surface area contributed by atoms with E-state index in [-0.39, 0.29) is 19.8 Å². The largest absolute Gasteiger partial charge is 0.447 e. The molecule has 1 amide bonds. The first-order valence-corrected chi connectivity index (χ1v) is 6.10. The van der Waals surface area contributed by atoms with Crippen molar-refractivity contribution in [2.75, 3.05) is 39.6 Å². The molecule has 0 unspecified atom stereocenters. The molecule has 2 aliphatic rings. The van der Waals surface area contributed by atoms with Crippen molar-refractivity contribution in [1.82, 2.24) is 9.80 Å². The van der Waals surface area contributed by atoms with E-state index in [0.29, 0.717) is 6.67 Å². The second-order valence-electron chi connectivity index (χ2n) is 4.84. The van der Waals surface area contributed by atoms with E-state index in [1.165, 1.54) is 11.3 Å². The van der Waals surface area contributed by atoms with Gasteiger partial charge in [0.1, 0.15) is 12.1 Å². The zero-order valence-electron chi connectivity index (χ0n) is 9.97. The predicted octanol–water partition coefficient (Wildman–Crippen LogP) is -0.395. The van der Waals surface area contributed by atoms with Crippen LogP contribution in [0, 0.1) is 0 Å². The topological polar surface area (TPSA) is 73.2 Å². The lowest BCUT2D eigenvalue weighted by Crippen LogP contribution is -2.56. The Morgan fingerprint density at radius 1 is 1.18 bits per heavy atom. The van der Waals surface area contributed by atoms with Gasteiger partial charge in [-0.3, -0.25) is 9.80 Å². The maximum Gasteiger partial charge on any atom is 0.411 e. The molecule has 0 saturated carbocycles. The number of nitrogens with zero attached hydrogens (tertiary/aromatic N) is 2. The second-order valence-corrected chi connectivity index (χ2v) is 4.84. The molecule has 2 rings (SSSR count). The Kier molecular flexibility index (Phi) is 3.86. The predicted molar refractivity (Wildman–Crippen MR) is 60.4 cm³/mol. The van der Waals surface area contributed by atoms with E-state index in [1.807, 2.05) is 0 Å². The highest BCUT2D eigenvalue weighted by Crippen LogP contribution is 2.24. The molecule has 0 aromatic rings. The molecular weight excluding hydrogens is 224 g/mol. The standard InChI is InChI=1S/C11H20N2O4/c14-6-11(7-15)8-17-10(16)13(11)9-12-4-2-1-3-5-12/h14-15H,1-9H2. The fourth-order valence-corrected chi connectivity index (χ4v) is 2.37. The highest BCUT2D eigenvalue weighted by Gasteiger charge is 2.47. The number of cyclic esters (lactones) is 1. The van der Waals surface area contributed by atoms with Crippen molar-refractivity contribution < 1.29 is 19.7 Å². The fourth-order valence-electron chi connectivity index (χ4n) is 2.37. The highest BCUT2D eigenvalue weighted by atomic mass is 16.6. The Bertz CT molecular complexity index is 275. The van der Waals surface area contributed by atoms with Gasteiger partial charge in [-0.1, -0.05) is 6.42 Å². The third-order valence-electron chi connectivity index (χ3n) is 3.64. The van der Waals surface area contributed by atoms with Crippen molar-refractivity contribution in [2.45, 2.75) is 24.8 Å². The highest BCUT2D eigenvalue weighted by molar-refractivity contribution is 5.71. The molecule has 0 aromatic heterocycles. The maximum atomic E-state index is 11.6. The maximum absolute atomic E-state index is 11.6. The summed E-state index contributed by atoms with van der Waals surface area (Å²) in [5, 5.41) is 18.8. The summed E-state index contributed by atoms with van der Waals surface area (Å²) in [5.41, 5.74) is -0.950. The molecule has 0 aliphatic carbocycles. The van der Waals surface area contributed by atoms with Gasteiger partial charge in [0, 0.05) is 0 Å². The van der Waals surface area contributed by atoms with Gasteiger partial charge in [-0.15, -0.1) is 0 Å². The first-order valence-electron chi connectivity index (χ1n) is 6.10. The Morgan fingerprint density at radius 3 is 2.41 bits per heavy atom. The van der Waals surface area contributed by atoms with Crippen molar-refractivity contribution in [3.05, 3.63) is 0 Å². The summed E-state index contributed by atoms with van der Waals surface area (Å²) in [6.07, 6.45) is 3.05. The van der Waals surface area contributed by atoms with Crippen molar-refractivity contribution >= 4 is 6.09 Å². The quantitative estimate of drug-likeness (QED) is 0.704. The van der Waals surface area contributed by atoms with E-state index in [2.05, 4.69) is 4.90 Å². The SMILES string of the molecule is O=C1OCC(CO)(CO)N1CN1CCCCC1. The van der Waals surface area contributed by atoms with Gasteiger partial charge in [0.2, 0.25) is 0 Å². The van der Waals surface area contributed by atoms with Crippen LogP contribution in [-0.2, 0) is 4.74 Å². The number of aliphatic hydroxyl groups excluding tert-OH is 2. The number of ether oxygens (including phenoxy) is 1. The van der Waals surface area contributed by atoms with Crippen LogP contribution in [0.1, 0.15) is 19.3 Å². The number of likely N-dealkylation sites (tertiary alicyclic amines) is 1. The first-order chi connectivity index (χ1) is 8.22. The van der Waals surface area contributed by atoms with E-state index in [9.17, 15) is 15.0 Å². The molecule has 2 fully saturated rings. The summed E-state index contributed by atoms with van der Waals surface area (Å²) in [7, 11) is 0. The van der Waals surface area contributed by atoms with E-state index < -0.39 is 11.6 Å². The third kappa shape index (κ3) is 2.38. The Hall–Kier alpha value is -0.850. The summed E-state index contributed by atoms with van der Waals surface area (Å²) in [6, 6.07) is 0. The lowest BCUT2D eigenvalue weighted by atomic mass is 10.0. The molecule has 2 saturated heterocycles. The van der Waals surface area contributed by atoms with Crippen LogP contribution in [0.15, 0.2) is 0 Å². The minimum absolute atomic E-state index is 0.0622. The van der Waals surface area contributed by atoms with E-state index in [0.717, 1.165) is 25.9 Å². The third-order valence-corrected chi connectivity index (χ3v) is 3.64. The van der Waals surface area contributed by atoms with Crippen molar-refractivity contribution in [3.63, 3.8) is 0 Å². The summed E-state index contributed by atoms with van der Waals surface area (Å²) >= 11 is 0. The van der Waals surface area contributed by atoms with E-state index in [4.69, 9.17) is 4.74 Å². The zero-order valence-corrected chi connectivity index (χ0v) is 9.97. The van der Waals surface area contributed by atoms with Crippen LogP contribution in [0.5, 0.6) is 0 Å². The number of rotatable bonds is 4. The average molecular weight is 244 g/mol. The van der Waals surface area contributed by atoms with Gasteiger partial charge in [0.15, 0.2) is 0 Å². The lowest BCUT2D eigenvalue weighted by molar-refractivity contribution is 0.00396. The number of carbonyl (C=O) groups excluding carboxylic acids is 1. The van der Waals surface area contributed by atoms with Crippen molar-refractivity contribution in [3.8, 4) is 0 Å². The number of piperidine rings is 1.